The molecule has 4 rings (SSSR count). The zero-order chi connectivity index (χ0) is 17.9. The highest BCUT2D eigenvalue weighted by Crippen LogP contribution is 2.30. The average Bonchev–Trinajstić information content (AvgIpc) is 3.48. The van der Waals surface area contributed by atoms with Gasteiger partial charge in [0.1, 0.15) is 0 Å². The lowest BCUT2D eigenvalue weighted by molar-refractivity contribution is 0.0954. The first-order valence-corrected chi connectivity index (χ1v) is 9.68. The zero-order valence-electron chi connectivity index (χ0n) is 14.8. The molecule has 2 amide bonds. The van der Waals surface area contributed by atoms with Crippen LogP contribution in [0.2, 0.25) is 5.02 Å². The number of hydrogen-bond acceptors (Lipinski definition) is 2. The van der Waals surface area contributed by atoms with Crippen LogP contribution in [0.3, 0.4) is 0 Å². The van der Waals surface area contributed by atoms with E-state index < -0.39 is 0 Å². The van der Waals surface area contributed by atoms with E-state index >= 15 is 0 Å². The van der Waals surface area contributed by atoms with Gasteiger partial charge >= 0.3 is 6.03 Å². The lowest BCUT2D eigenvalue weighted by Crippen LogP contribution is -2.57. The second-order valence-corrected chi connectivity index (χ2v) is 7.64. The predicted molar refractivity (Wildman–Crippen MR) is 106 cm³/mol. The van der Waals surface area contributed by atoms with Crippen molar-refractivity contribution < 1.29 is 4.79 Å². The normalized spacial score (nSPS) is 20.8. The van der Waals surface area contributed by atoms with E-state index in [1.54, 1.807) is 6.07 Å². The van der Waals surface area contributed by atoms with Gasteiger partial charge in [0.25, 0.3) is 0 Å². The van der Waals surface area contributed by atoms with Crippen molar-refractivity contribution in [3.63, 3.8) is 0 Å². The van der Waals surface area contributed by atoms with Gasteiger partial charge in [0.15, 0.2) is 0 Å². The minimum Gasteiger partial charge on any atom is -0.319 e. The molecule has 136 valence electrons. The van der Waals surface area contributed by atoms with Crippen LogP contribution in [0, 0.1) is 0 Å². The summed E-state index contributed by atoms with van der Waals surface area (Å²) in [6.45, 7) is 2.67. The monoisotopic (exact) mass is 369 g/mol. The number of amides is 2. The van der Waals surface area contributed by atoms with Crippen molar-refractivity contribution in [1.82, 2.24) is 9.80 Å². The first-order chi connectivity index (χ1) is 12.7. The van der Waals surface area contributed by atoms with Gasteiger partial charge in [0, 0.05) is 36.4 Å². The molecule has 2 fully saturated rings. The molecule has 1 saturated heterocycles. The van der Waals surface area contributed by atoms with E-state index in [9.17, 15) is 4.79 Å². The number of carbonyl (C=O) groups excluding carboxylic acids is 1. The molecule has 4 nitrogen and oxygen atoms in total. The molecular weight excluding hydrogens is 346 g/mol. The maximum absolute atomic E-state index is 12.9. The molecule has 0 bridgehead atoms. The average molecular weight is 370 g/mol. The number of carbonyl (C=O) groups is 1. The quantitative estimate of drug-likeness (QED) is 0.873. The van der Waals surface area contributed by atoms with Crippen molar-refractivity contribution in [2.24, 2.45) is 0 Å². The molecule has 5 heteroatoms. The maximum atomic E-state index is 12.9. The Morgan fingerprint density at radius 1 is 1.08 bits per heavy atom. The molecule has 1 heterocycles. The molecule has 1 aliphatic carbocycles. The van der Waals surface area contributed by atoms with Crippen molar-refractivity contribution in [3.05, 3.63) is 65.2 Å². The Bertz CT molecular complexity index is 763. The highest BCUT2D eigenvalue weighted by molar-refractivity contribution is 6.30. The molecule has 1 aliphatic heterocycles. The summed E-state index contributed by atoms with van der Waals surface area (Å²) in [5.41, 5.74) is 2.02. The fraction of sp³-hybridized carbons (Fsp3) is 0.381. The van der Waals surface area contributed by atoms with Crippen LogP contribution < -0.4 is 5.32 Å². The van der Waals surface area contributed by atoms with E-state index in [1.807, 2.05) is 29.2 Å². The molecule has 1 atom stereocenters. The smallest absolute Gasteiger partial charge is 0.319 e. The minimum atomic E-state index is -0.0383. The van der Waals surface area contributed by atoms with Crippen LogP contribution >= 0.6 is 11.6 Å². The van der Waals surface area contributed by atoms with E-state index in [2.05, 4.69) is 34.5 Å². The predicted octanol–water partition coefficient (Wildman–Crippen LogP) is 4.26. The summed E-state index contributed by atoms with van der Waals surface area (Å²) in [6, 6.07) is 18.6. The number of piperazine rings is 1. The molecule has 0 spiro atoms. The van der Waals surface area contributed by atoms with Crippen molar-refractivity contribution in [2.75, 3.05) is 25.0 Å². The van der Waals surface area contributed by atoms with Crippen LogP contribution in [0.25, 0.3) is 0 Å². The highest BCUT2D eigenvalue weighted by Gasteiger charge is 2.37. The van der Waals surface area contributed by atoms with Gasteiger partial charge < -0.3 is 10.2 Å². The number of urea groups is 1. The first kappa shape index (κ1) is 17.4. The molecule has 1 saturated carbocycles. The Hall–Kier alpha value is -2.04. The SMILES string of the molecule is O=C(Nc1cccc(Cl)c1)N1CCN(C2CC2)CC1Cc1ccccc1. The third kappa shape index (κ3) is 4.19. The van der Waals surface area contributed by atoms with Crippen molar-refractivity contribution in [1.29, 1.82) is 0 Å². The fourth-order valence-electron chi connectivity index (χ4n) is 3.74. The van der Waals surface area contributed by atoms with Gasteiger partial charge in [-0.1, -0.05) is 48.0 Å². The number of benzene rings is 2. The minimum absolute atomic E-state index is 0.0383. The molecule has 26 heavy (non-hydrogen) atoms. The molecule has 0 radical (unpaired) electrons. The summed E-state index contributed by atoms with van der Waals surface area (Å²) in [6.07, 6.45) is 3.48. The van der Waals surface area contributed by atoms with E-state index in [-0.39, 0.29) is 12.1 Å². The number of hydrogen-bond donors (Lipinski definition) is 1. The van der Waals surface area contributed by atoms with Crippen LogP contribution in [-0.4, -0.2) is 47.5 Å². The van der Waals surface area contributed by atoms with Gasteiger partial charge in [-0.3, -0.25) is 4.90 Å². The number of halogens is 1. The molecule has 2 aromatic carbocycles. The standard InChI is InChI=1S/C21H24ClN3O/c22-17-7-4-8-18(14-17)23-21(26)25-12-11-24(19-9-10-19)15-20(25)13-16-5-2-1-3-6-16/h1-8,14,19-20H,9-13,15H2,(H,23,26). The van der Waals surface area contributed by atoms with Crippen LogP contribution in [0.4, 0.5) is 10.5 Å². The van der Waals surface area contributed by atoms with Gasteiger partial charge in [-0.05, 0) is 43.0 Å². The third-order valence-corrected chi connectivity index (χ3v) is 5.46. The highest BCUT2D eigenvalue weighted by atomic mass is 35.5. The zero-order valence-corrected chi connectivity index (χ0v) is 15.5. The van der Waals surface area contributed by atoms with Crippen molar-refractivity contribution in [3.8, 4) is 0 Å². The van der Waals surface area contributed by atoms with Crippen molar-refractivity contribution in [2.45, 2.75) is 31.3 Å². The van der Waals surface area contributed by atoms with Gasteiger partial charge in [0.2, 0.25) is 0 Å². The lowest BCUT2D eigenvalue weighted by atomic mass is 10.0. The number of anilines is 1. The van der Waals surface area contributed by atoms with Crippen LogP contribution in [0.5, 0.6) is 0 Å². The van der Waals surface area contributed by atoms with Crippen LogP contribution in [-0.2, 0) is 6.42 Å². The number of nitrogens with zero attached hydrogens (tertiary/aromatic N) is 2. The second-order valence-electron chi connectivity index (χ2n) is 7.20. The van der Waals surface area contributed by atoms with E-state index in [1.165, 1.54) is 18.4 Å². The number of nitrogens with one attached hydrogen (secondary N) is 1. The van der Waals surface area contributed by atoms with Crippen LogP contribution in [0.15, 0.2) is 54.6 Å². The topological polar surface area (TPSA) is 35.6 Å². The van der Waals surface area contributed by atoms with Crippen molar-refractivity contribution >= 4 is 23.3 Å². The molecule has 0 aromatic heterocycles. The number of rotatable bonds is 4. The summed E-state index contributed by atoms with van der Waals surface area (Å²) in [5.74, 6) is 0. The Morgan fingerprint density at radius 2 is 1.88 bits per heavy atom. The third-order valence-electron chi connectivity index (χ3n) is 5.23. The first-order valence-electron chi connectivity index (χ1n) is 9.30. The Morgan fingerprint density at radius 3 is 2.62 bits per heavy atom. The Balaban J connectivity index is 1.48. The molecule has 1 unspecified atom stereocenters. The summed E-state index contributed by atoms with van der Waals surface area (Å²) < 4.78 is 0. The summed E-state index contributed by atoms with van der Waals surface area (Å²) in [7, 11) is 0. The summed E-state index contributed by atoms with van der Waals surface area (Å²) in [4.78, 5) is 17.5. The Kier molecular flexibility index (Phi) is 5.14. The van der Waals surface area contributed by atoms with E-state index in [0.29, 0.717) is 5.02 Å². The maximum Gasteiger partial charge on any atom is 0.322 e. The fourth-order valence-corrected chi connectivity index (χ4v) is 3.93. The summed E-state index contributed by atoms with van der Waals surface area (Å²) >= 11 is 6.04. The van der Waals surface area contributed by atoms with Crippen LogP contribution in [0.1, 0.15) is 18.4 Å². The van der Waals surface area contributed by atoms with Gasteiger partial charge in [-0.2, -0.15) is 0 Å². The van der Waals surface area contributed by atoms with E-state index in [0.717, 1.165) is 37.8 Å². The Labute approximate surface area is 159 Å². The molecular formula is C21H24ClN3O. The van der Waals surface area contributed by atoms with Gasteiger partial charge in [0.05, 0.1) is 6.04 Å². The second kappa shape index (κ2) is 7.68. The lowest BCUT2D eigenvalue weighted by Gasteiger charge is -2.41. The molecule has 2 aromatic rings. The molecule has 2 aliphatic rings. The van der Waals surface area contributed by atoms with Gasteiger partial charge in [-0.15, -0.1) is 0 Å². The summed E-state index contributed by atoms with van der Waals surface area (Å²) in [5, 5.41) is 3.64. The largest absolute Gasteiger partial charge is 0.322 e. The van der Waals surface area contributed by atoms with Gasteiger partial charge in [-0.25, -0.2) is 4.79 Å². The van der Waals surface area contributed by atoms with E-state index in [4.69, 9.17) is 11.6 Å². The molecule has 1 N–H and O–H groups in total.